The van der Waals surface area contributed by atoms with E-state index in [0.717, 1.165) is 29.7 Å². The van der Waals surface area contributed by atoms with Crippen molar-refractivity contribution >= 4 is 23.2 Å². The second kappa shape index (κ2) is 5.72. The van der Waals surface area contributed by atoms with Gasteiger partial charge in [0.1, 0.15) is 0 Å². The molecular formula is C14H18ClNO2. The molecule has 0 aromatic heterocycles. The Morgan fingerprint density at radius 2 is 2.22 bits per heavy atom. The molecule has 2 N–H and O–H groups in total. The highest BCUT2D eigenvalue weighted by Gasteiger charge is 2.22. The van der Waals surface area contributed by atoms with Crippen molar-refractivity contribution in [2.24, 2.45) is 0 Å². The van der Waals surface area contributed by atoms with Crippen molar-refractivity contribution in [3.05, 3.63) is 28.3 Å². The fourth-order valence-corrected chi connectivity index (χ4v) is 2.55. The molecule has 18 heavy (non-hydrogen) atoms. The summed E-state index contributed by atoms with van der Waals surface area (Å²) in [4.78, 5) is 11.5. The van der Waals surface area contributed by atoms with Gasteiger partial charge in [-0.3, -0.25) is 4.79 Å². The van der Waals surface area contributed by atoms with E-state index in [-0.39, 0.29) is 5.91 Å². The predicted octanol–water partition coefficient (Wildman–Crippen LogP) is 3.45. The van der Waals surface area contributed by atoms with Gasteiger partial charge in [0.15, 0.2) is 0 Å². The summed E-state index contributed by atoms with van der Waals surface area (Å²) >= 11 is 6.07. The first kappa shape index (κ1) is 13.4. The minimum absolute atomic E-state index is 0.00811. The molecule has 0 spiro atoms. The van der Waals surface area contributed by atoms with Gasteiger partial charge in [-0.25, -0.2) is 0 Å². The average molecular weight is 268 g/mol. The molecule has 98 valence electrons. The van der Waals surface area contributed by atoms with Crippen LogP contribution in [-0.4, -0.2) is 11.0 Å². The van der Waals surface area contributed by atoms with Crippen LogP contribution in [0.4, 0.5) is 5.69 Å². The number of carbonyl (C=O) groups excluding carboxylic acids is 1. The number of fused-ring (bicyclic) bond motifs is 1. The molecule has 1 amide bonds. The van der Waals surface area contributed by atoms with Gasteiger partial charge in [0, 0.05) is 22.7 Å². The maximum Gasteiger partial charge on any atom is 0.224 e. The molecule has 0 aliphatic carbocycles. The molecule has 0 bridgehead atoms. The number of hydrogen-bond donors (Lipinski definition) is 2. The number of halogens is 1. The largest absolute Gasteiger partial charge is 0.388 e. The van der Waals surface area contributed by atoms with E-state index in [4.69, 9.17) is 11.6 Å². The normalized spacial score (nSPS) is 16.1. The quantitative estimate of drug-likeness (QED) is 0.878. The first-order valence-electron chi connectivity index (χ1n) is 6.42. The number of aliphatic hydroxyl groups is 1. The van der Waals surface area contributed by atoms with Crippen molar-refractivity contribution in [1.29, 1.82) is 0 Å². The smallest absolute Gasteiger partial charge is 0.224 e. The number of amides is 1. The number of aliphatic hydroxyl groups excluding tert-OH is 1. The second-order valence-electron chi connectivity index (χ2n) is 4.74. The molecule has 1 heterocycles. The number of benzene rings is 1. The number of nitrogens with one attached hydrogen (secondary N) is 1. The molecule has 1 aromatic carbocycles. The van der Waals surface area contributed by atoms with Crippen LogP contribution < -0.4 is 5.32 Å². The van der Waals surface area contributed by atoms with Gasteiger partial charge in [-0.2, -0.15) is 0 Å². The molecule has 0 saturated heterocycles. The summed E-state index contributed by atoms with van der Waals surface area (Å²) in [6.45, 7) is 2.09. The summed E-state index contributed by atoms with van der Waals surface area (Å²) in [6, 6.07) is 3.62. The summed E-state index contributed by atoms with van der Waals surface area (Å²) < 4.78 is 0. The fourth-order valence-electron chi connectivity index (χ4n) is 2.30. The molecule has 0 saturated carbocycles. The third-order valence-electron chi connectivity index (χ3n) is 3.29. The fraction of sp³-hybridized carbons (Fsp3) is 0.500. The summed E-state index contributed by atoms with van der Waals surface area (Å²) in [5, 5.41) is 13.7. The number of aryl methyl sites for hydroxylation is 1. The van der Waals surface area contributed by atoms with Gasteiger partial charge < -0.3 is 10.4 Å². The number of unbranched alkanes of at least 4 members (excludes halogenated alkanes) is 1. The maximum atomic E-state index is 11.5. The third-order valence-corrected chi connectivity index (χ3v) is 3.51. The first-order chi connectivity index (χ1) is 8.61. The average Bonchev–Trinajstić information content (AvgIpc) is 2.35. The van der Waals surface area contributed by atoms with Crippen molar-refractivity contribution in [3.8, 4) is 0 Å². The van der Waals surface area contributed by atoms with Gasteiger partial charge in [0.05, 0.1) is 6.10 Å². The Morgan fingerprint density at radius 3 is 2.94 bits per heavy atom. The van der Waals surface area contributed by atoms with Crippen LogP contribution in [-0.2, 0) is 11.2 Å². The minimum atomic E-state index is -0.559. The number of rotatable bonds is 4. The first-order valence-corrected chi connectivity index (χ1v) is 6.80. The molecule has 1 unspecified atom stereocenters. The minimum Gasteiger partial charge on any atom is -0.388 e. The zero-order valence-electron chi connectivity index (χ0n) is 10.5. The molecule has 3 nitrogen and oxygen atoms in total. The Kier molecular flexibility index (Phi) is 4.25. The summed E-state index contributed by atoms with van der Waals surface area (Å²) in [6.07, 6.45) is 3.30. The van der Waals surface area contributed by atoms with E-state index in [1.807, 2.05) is 6.07 Å². The van der Waals surface area contributed by atoms with Gasteiger partial charge in [0.2, 0.25) is 5.91 Å². The van der Waals surface area contributed by atoms with Crippen molar-refractivity contribution in [3.63, 3.8) is 0 Å². The van der Waals surface area contributed by atoms with Crippen LogP contribution in [0, 0.1) is 0 Å². The van der Waals surface area contributed by atoms with Crippen LogP contribution >= 0.6 is 11.6 Å². The number of carbonyl (C=O) groups is 1. The Balaban J connectivity index is 2.33. The molecule has 1 atom stereocenters. The molecule has 4 heteroatoms. The van der Waals surface area contributed by atoms with Crippen LogP contribution in [0.3, 0.4) is 0 Å². The highest BCUT2D eigenvalue weighted by atomic mass is 35.5. The Morgan fingerprint density at radius 1 is 1.44 bits per heavy atom. The van der Waals surface area contributed by atoms with E-state index in [0.29, 0.717) is 24.3 Å². The zero-order chi connectivity index (χ0) is 13.1. The number of hydrogen-bond acceptors (Lipinski definition) is 2. The van der Waals surface area contributed by atoms with Crippen LogP contribution in [0.1, 0.15) is 49.8 Å². The Labute approximate surface area is 112 Å². The van der Waals surface area contributed by atoms with Crippen molar-refractivity contribution in [2.45, 2.75) is 45.1 Å². The summed E-state index contributed by atoms with van der Waals surface area (Å²) in [5.74, 6) is 0.00811. The lowest BCUT2D eigenvalue weighted by atomic mass is 9.94. The van der Waals surface area contributed by atoms with E-state index < -0.39 is 6.10 Å². The Bertz CT molecular complexity index is 459. The SMILES string of the molecule is CCCCC(O)c1cc(Cl)cc2c1NC(=O)CC2. The van der Waals surface area contributed by atoms with E-state index in [1.54, 1.807) is 6.07 Å². The summed E-state index contributed by atoms with van der Waals surface area (Å²) in [5.41, 5.74) is 2.53. The maximum absolute atomic E-state index is 11.5. The Hall–Kier alpha value is -1.06. The summed E-state index contributed by atoms with van der Waals surface area (Å²) in [7, 11) is 0. The molecule has 1 aliphatic heterocycles. The highest BCUT2D eigenvalue weighted by molar-refractivity contribution is 6.31. The topological polar surface area (TPSA) is 49.3 Å². The standard InChI is InChI=1S/C14H18ClNO2/c1-2-3-4-12(17)11-8-10(15)7-9-5-6-13(18)16-14(9)11/h7-8,12,17H,2-6H2,1H3,(H,16,18). The molecule has 0 fully saturated rings. The van der Waals surface area contributed by atoms with Crippen molar-refractivity contribution < 1.29 is 9.90 Å². The van der Waals surface area contributed by atoms with Crippen LogP contribution in [0.15, 0.2) is 12.1 Å². The lowest BCUT2D eigenvalue weighted by Crippen LogP contribution is -2.21. The van der Waals surface area contributed by atoms with Crippen molar-refractivity contribution in [2.75, 3.05) is 5.32 Å². The monoisotopic (exact) mass is 267 g/mol. The molecule has 1 aromatic rings. The zero-order valence-corrected chi connectivity index (χ0v) is 11.3. The lowest BCUT2D eigenvalue weighted by molar-refractivity contribution is -0.116. The van der Waals surface area contributed by atoms with Crippen molar-refractivity contribution in [1.82, 2.24) is 0 Å². The van der Waals surface area contributed by atoms with E-state index in [1.165, 1.54) is 0 Å². The molecular weight excluding hydrogens is 250 g/mol. The predicted molar refractivity (Wildman–Crippen MR) is 72.9 cm³/mol. The van der Waals surface area contributed by atoms with Crippen LogP contribution in [0.25, 0.3) is 0 Å². The van der Waals surface area contributed by atoms with Gasteiger partial charge in [-0.15, -0.1) is 0 Å². The second-order valence-corrected chi connectivity index (χ2v) is 5.17. The van der Waals surface area contributed by atoms with Gasteiger partial charge in [-0.1, -0.05) is 31.4 Å². The van der Waals surface area contributed by atoms with E-state index in [9.17, 15) is 9.90 Å². The number of anilines is 1. The molecule has 0 radical (unpaired) electrons. The molecule has 2 rings (SSSR count). The lowest BCUT2D eigenvalue weighted by Gasteiger charge is -2.23. The molecule has 1 aliphatic rings. The van der Waals surface area contributed by atoms with Crippen LogP contribution in [0.5, 0.6) is 0 Å². The third kappa shape index (κ3) is 2.85. The highest BCUT2D eigenvalue weighted by Crippen LogP contribution is 2.35. The van der Waals surface area contributed by atoms with E-state index >= 15 is 0 Å². The van der Waals surface area contributed by atoms with Crippen LogP contribution in [0.2, 0.25) is 5.02 Å². The van der Waals surface area contributed by atoms with Gasteiger partial charge >= 0.3 is 0 Å². The van der Waals surface area contributed by atoms with Gasteiger partial charge in [0.25, 0.3) is 0 Å². The van der Waals surface area contributed by atoms with Gasteiger partial charge in [-0.05, 0) is 30.5 Å². The van der Waals surface area contributed by atoms with E-state index in [2.05, 4.69) is 12.2 Å².